The molecule has 2 aromatic carbocycles. The van der Waals surface area contributed by atoms with Crippen molar-refractivity contribution in [3.8, 4) is 5.75 Å². The van der Waals surface area contributed by atoms with Gasteiger partial charge in [-0.1, -0.05) is 36.4 Å². The highest BCUT2D eigenvalue weighted by Crippen LogP contribution is 2.28. The Bertz CT molecular complexity index is 704. The molecule has 0 aliphatic carbocycles. The van der Waals surface area contributed by atoms with Gasteiger partial charge >= 0.3 is 0 Å². The van der Waals surface area contributed by atoms with Crippen LogP contribution in [0.25, 0.3) is 0 Å². The molecular weight excluding hydrogens is 262 g/mol. The number of para-hydroxylation sites is 1. The summed E-state index contributed by atoms with van der Waals surface area (Å²) in [6.07, 6.45) is 0. The van der Waals surface area contributed by atoms with E-state index in [0.29, 0.717) is 0 Å². The Morgan fingerprint density at radius 3 is 2.52 bits per heavy atom. The molecule has 0 atom stereocenters. The molecular formula is C17H17N3O. The van der Waals surface area contributed by atoms with Gasteiger partial charge in [0.15, 0.2) is 5.84 Å². The molecule has 0 aromatic heterocycles. The predicted octanol–water partition coefficient (Wildman–Crippen LogP) is 3.25. The van der Waals surface area contributed by atoms with Crippen LogP contribution < -0.4 is 15.1 Å². The first kappa shape index (κ1) is 13.2. The van der Waals surface area contributed by atoms with Crippen LogP contribution >= 0.6 is 0 Å². The molecule has 1 aliphatic rings. The number of hydrazone groups is 1. The molecule has 4 nitrogen and oxygen atoms in total. The van der Waals surface area contributed by atoms with E-state index in [4.69, 9.17) is 4.74 Å². The van der Waals surface area contributed by atoms with Gasteiger partial charge in [0, 0.05) is 5.69 Å². The molecule has 0 fully saturated rings. The molecule has 4 heteroatoms. The van der Waals surface area contributed by atoms with Gasteiger partial charge in [-0.05, 0) is 31.2 Å². The number of anilines is 1. The average Bonchev–Trinajstić information content (AvgIpc) is 2.90. The van der Waals surface area contributed by atoms with Crippen LogP contribution in [0.15, 0.2) is 66.0 Å². The molecule has 3 rings (SSSR count). The van der Waals surface area contributed by atoms with E-state index >= 15 is 0 Å². The lowest BCUT2D eigenvalue weighted by Crippen LogP contribution is -2.27. The first-order valence-corrected chi connectivity index (χ1v) is 6.73. The minimum atomic E-state index is 0.722. The molecule has 0 saturated carbocycles. The standard InChI is InChI=1S/C17H17N3O/c1-12-8-10-14(11-9-12)20-13(2)18-19-17(20)15-6-4-5-7-16(15)21-3/h4-11,18H,2H2,1,3H3. The second-order valence-corrected chi connectivity index (χ2v) is 4.87. The Kier molecular flexibility index (Phi) is 3.36. The Morgan fingerprint density at radius 1 is 1.10 bits per heavy atom. The van der Waals surface area contributed by atoms with Crippen molar-refractivity contribution in [3.63, 3.8) is 0 Å². The fourth-order valence-corrected chi connectivity index (χ4v) is 2.33. The topological polar surface area (TPSA) is 36.9 Å². The number of aryl methyl sites for hydroxylation is 1. The lowest BCUT2D eigenvalue weighted by atomic mass is 10.1. The second-order valence-electron chi connectivity index (χ2n) is 4.87. The first-order chi connectivity index (χ1) is 10.2. The molecule has 1 heterocycles. The molecule has 2 aromatic rings. The van der Waals surface area contributed by atoms with E-state index in [0.717, 1.165) is 28.7 Å². The van der Waals surface area contributed by atoms with Crippen molar-refractivity contribution < 1.29 is 4.74 Å². The summed E-state index contributed by atoms with van der Waals surface area (Å²) in [5.41, 5.74) is 6.10. The number of nitrogens with one attached hydrogen (secondary N) is 1. The third-order valence-electron chi connectivity index (χ3n) is 3.41. The zero-order chi connectivity index (χ0) is 14.8. The zero-order valence-electron chi connectivity index (χ0n) is 12.1. The maximum Gasteiger partial charge on any atom is 0.170 e. The van der Waals surface area contributed by atoms with E-state index in [-0.39, 0.29) is 0 Å². The van der Waals surface area contributed by atoms with E-state index in [1.165, 1.54) is 5.56 Å². The Labute approximate surface area is 124 Å². The molecule has 0 bridgehead atoms. The number of ether oxygens (including phenoxy) is 1. The van der Waals surface area contributed by atoms with Crippen LogP contribution in [0.3, 0.4) is 0 Å². The van der Waals surface area contributed by atoms with Crippen molar-refractivity contribution in [1.82, 2.24) is 5.43 Å². The maximum absolute atomic E-state index is 5.43. The average molecular weight is 279 g/mol. The number of amidine groups is 1. The minimum Gasteiger partial charge on any atom is -0.496 e. The minimum absolute atomic E-state index is 0.722. The maximum atomic E-state index is 5.43. The Balaban J connectivity index is 2.05. The van der Waals surface area contributed by atoms with Crippen LogP contribution in [-0.2, 0) is 0 Å². The SMILES string of the molecule is C=C1NN=C(c2ccccc2OC)N1c1ccc(C)cc1. The van der Waals surface area contributed by atoms with Gasteiger partial charge in [-0.15, -0.1) is 0 Å². The summed E-state index contributed by atoms with van der Waals surface area (Å²) in [5, 5.41) is 4.39. The molecule has 0 radical (unpaired) electrons. The van der Waals surface area contributed by atoms with E-state index in [9.17, 15) is 0 Å². The van der Waals surface area contributed by atoms with E-state index in [1.807, 2.05) is 29.2 Å². The fourth-order valence-electron chi connectivity index (χ4n) is 2.33. The number of benzene rings is 2. The van der Waals surface area contributed by atoms with Crippen LogP contribution in [0.4, 0.5) is 5.69 Å². The Hall–Kier alpha value is -2.75. The zero-order valence-corrected chi connectivity index (χ0v) is 12.1. The van der Waals surface area contributed by atoms with Crippen molar-refractivity contribution >= 4 is 11.5 Å². The van der Waals surface area contributed by atoms with E-state index < -0.39 is 0 Å². The van der Waals surface area contributed by atoms with Gasteiger partial charge < -0.3 is 4.74 Å². The molecule has 0 unspecified atom stereocenters. The first-order valence-electron chi connectivity index (χ1n) is 6.73. The lowest BCUT2D eigenvalue weighted by Gasteiger charge is -2.21. The summed E-state index contributed by atoms with van der Waals surface area (Å²) in [7, 11) is 1.66. The van der Waals surface area contributed by atoms with Crippen LogP contribution in [0, 0.1) is 6.92 Å². The van der Waals surface area contributed by atoms with Crippen LogP contribution in [0.2, 0.25) is 0 Å². The molecule has 1 aliphatic heterocycles. The van der Waals surface area contributed by atoms with Crippen molar-refractivity contribution in [3.05, 3.63) is 72.1 Å². The van der Waals surface area contributed by atoms with Gasteiger partial charge in [-0.2, -0.15) is 5.10 Å². The molecule has 0 amide bonds. The summed E-state index contributed by atoms with van der Waals surface area (Å²) in [4.78, 5) is 1.98. The van der Waals surface area contributed by atoms with Gasteiger partial charge in [-0.3, -0.25) is 10.3 Å². The van der Waals surface area contributed by atoms with Crippen molar-refractivity contribution in [2.45, 2.75) is 6.92 Å². The summed E-state index contributed by atoms with van der Waals surface area (Å²) in [6.45, 7) is 6.09. The number of hydrogen-bond acceptors (Lipinski definition) is 4. The van der Waals surface area contributed by atoms with Crippen molar-refractivity contribution in [2.24, 2.45) is 5.10 Å². The van der Waals surface area contributed by atoms with Crippen molar-refractivity contribution in [2.75, 3.05) is 12.0 Å². The smallest absolute Gasteiger partial charge is 0.170 e. The van der Waals surface area contributed by atoms with Crippen LogP contribution in [0.5, 0.6) is 5.75 Å². The fraction of sp³-hybridized carbons (Fsp3) is 0.118. The van der Waals surface area contributed by atoms with E-state index in [1.54, 1.807) is 7.11 Å². The van der Waals surface area contributed by atoms with Gasteiger partial charge in [-0.25, -0.2) is 0 Å². The van der Waals surface area contributed by atoms with Crippen molar-refractivity contribution in [1.29, 1.82) is 0 Å². The highest BCUT2D eigenvalue weighted by molar-refractivity contribution is 6.14. The molecule has 0 saturated heterocycles. The predicted molar refractivity (Wildman–Crippen MR) is 85.5 cm³/mol. The third kappa shape index (κ3) is 2.36. The third-order valence-corrected chi connectivity index (χ3v) is 3.41. The normalized spacial score (nSPS) is 13.9. The van der Waals surface area contributed by atoms with Crippen LogP contribution in [0.1, 0.15) is 11.1 Å². The molecule has 1 N–H and O–H groups in total. The van der Waals surface area contributed by atoms with Crippen LogP contribution in [-0.4, -0.2) is 12.9 Å². The van der Waals surface area contributed by atoms with Gasteiger partial charge in [0.1, 0.15) is 11.6 Å². The largest absolute Gasteiger partial charge is 0.496 e. The molecule has 0 spiro atoms. The molecule has 106 valence electrons. The monoisotopic (exact) mass is 279 g/mol. The number of rotatable bonds is 3. The highest BCUT2D eigenvalue weighted by Gasteiger charge is 2.26. The summed E-state index contributed by atoms with van der Waals surface area (Å²) in [5.74, 6) is 2.28. The lowest BCUT2D eigenvalue weighted by molar-refractivity contribution is 0.414. The van der Waals surface area contributed by atoms with Gasteiger partial charge in [0.25, 0.3) is 0 Å². The van der Waals surface area contributed by atoms with E-state index in [2.05, 4.69) is 48.3 Å². The number of methoxy groups -OCH3 is 1. The number of hydrogen-bond donors (Lipinski definition) is 1. The number of nitrogens with zero attached hydrogens (tertiary/aromatic N) is 2. The summed E-state index contributed by atoms with van der Waals surface area (Å²) < 4.78 is 5.43. The summed E-state index contributed by atoms with van der Waals surface area (Å²) in [6, 6.07) is 16.1. The van der Waals surface area contributed by atoms with Gasteiger partial charge in [0.05, 0.1) is 12.7 Å². The summed E-state index contributed by atoms with van der Waals surface area (Å²) >= 11 is 0. The second kappa shape index (κ2) is 5.32. The highest BCUT2D eigenvalue weighted by atomic mass is 16.5. The quantitative estimate of drug-likeness (QED) is 0.937. The Morgan fingerprint density at radius 2 is 1.81 bits per heavy atom. The molecule has 21 heavy (non-hydrogen) atoms. The van der Waals surface area contributed by atoms with Gasteiger partial charge in [0.2, 0.25) is 0 Å².